The van der Waals surface area contributed by atoms with E-state index in [4.69, 9.17) is 4.74 Å². The summed E-state index contributed by atoms with van der Waals surface area (Å²) in [6.45, 7) is 3.32. The third-order valence-electron chi connectivity index (χ3n) is 4.63. The van der Waals surface area contributed by atoms with Gasteiger partial charge in [0.2, 0.25) is 5.91 Å². The Morgan fingerprint density at radius 3 is 2.25 bits per heavy atom. The maximum Gasteiger partial charge on any atom is 0.262 e. The Morgan fingerprint density at radius 1 is 1.07 bits per heavy atom. The van der Waals surface area contributed by atoms with Gasteiger partial charge < -0.3 is 15.2 Å². The Labute approximate surface area is 162 Å². The molecule has 2 unspecified atom stereocenters. The summed E-state index contributed by atoms with van der Waals surface area (Å²) >= 11 is 0. The number of aryl methyl sites for hydroxylation is 1. The summed E-state index contributed by atoms with van der Waals surface area (Å²) in [6.07, 6.45) is -0.932. The second-order valence-corrected chi connectivity index (χ2v) is 6.68. The lowest BCUT2D eigenvalue weighted by molar-refractivity contribution is -0.125. The molecule has 0 aromatic heterocycles. The number of nitrogens with zero attached hydrogens (tertiary/aromatic N) is 1. The first-order valence-corrected chi connectivity index (χ1v) is 9.01. The molecular weight excluding hydrogens is 360 g/mol. The SMILES string of the molecule is Cc1ccccc1OCC(O)CNC(=O)C(C)N1C(=O)c2ccccc2C1=O. The van der Waals surface area contributed by atoms with Crippen LogP contribution >= 0.6 is 0 Å². The number of fused-ring (bicyclic) bond motifs is 1. The van der Waals surface area contributed by atoms with Gasteiger partial charge in [0.1, 0.15) is 24.5 Å². The summed E-state index contributed by atoms with van der Waals surface area (Å²) in [5.41, 5.74) is 1.52. The lowest BCUT2D eigenvalue weighted by Crippen LogP contribution is -2.49. The zero-order valence-corrected chi connectivity index (χ0v) is 15.7. The summed E-state index contributed by atoms with van der Waals surface area (Å²) in [7, 11) is 0. The summed E-state index contributed by atoms with van der Waals surface area (Å²) < 4.78 is 5.55. The van der Waals surface area contributed by atoms with Gasteiger partial charge in [0.15, 0.2) is 0 Å². The minimum absolute atomic E-state index is 0.00648. The van der Waals surface area contributed by atoms with Crippen molar-refractivity contribution in [3.05, 3.63) is 65.2 Å². The number of para-hydroxylation sites is 1. The molecule has 1 aliphatic heterocycles. The molecule has 0 spiro atoms. The van der Waals surface area contributed by atoms with Crippen molar-refractivity contribution in [2.75, 3.05) is 13.2 Å². The van der Waals surface area contributed by atoms with Crippen LogP contribution in [-0.2, 0) is 4.79 Å². The topological polar surface area (TPSA) is 95.9 Å². The van der Waals surface area contributed by atoms with E-state index in [9.17, 15) is 19.5 Å². The van der Waals surface area contributed by atoms with E-state index in [-0.39, 0.29) is 13.2 Å². The third-order valence-corrected chi connectivity index (χ3v) is 4.63. The lowest BCUT2D eigenvalue weighted by atomic mass is 10.1. The predicted octanol–water partition coefficient (Wildman–Crippen LogP) is 1.54. The Bertz CT molecular complexity index is 876. The monoisotopic (exact) mass is 382 g/mol. The van der Waals surface area contributed by atoms with Crippen molar-refractivity contribution >= 4 is 17.7 Å². The highest BCUT2D eigenvalue weighted by atomic mass is 16.5. The van der Waals surface area contributed by atoms with Crippen LogP contribution in [0.15, 0.2) is 48.5 Å². The number of ether oxygens (including phenoxy) is 1. The van der Waals surface area contributed by atoms with Crippen LogP contribution in [0, 0.1) is 6.92 Å². The second-order valence-electron chi connectivity index (χ2n) is 6.68. The lowest BCUT2D eigenvalue weighted by Gasteiger charge is -2.22. The van der Waals surface area contributed by atoms with Crippen LogP contribution in [0.4, 0.5) is 0 Å². The van der Waals surface area contributed by atoms with E-state index in [1.165, 1.54) is 6.92 Å². The first-order chi connectivity index (χ1) is 13.4. The van der Waals surface area contributed by atoms with Gasteiger partial charge in [0.05, 0.1) is 11.1 Å². The molecule has 2 N–H and O–H groups in total. The highest BCUT2D eigenvalue weighted by Gasteiger charge is 2.40. The standard InChI is InChI=1S/C21H22N2O5/c1-13-7-3-6-10-18(13)28-12-15(24)11-22-19(25)14(2)23-20(26)16-8-4-5-9-17(16)21(23)27/h3-10,14-15,24H,11-12H2,1-2H3,(H,22,25). The number of aliphatic hydroxyl groups is 1. The molecule has 28 heavy (non-hydrogen) atoms. The highest BCUT2D eigenvalue weighted by molar-refractivity contribution is 6.22. The maximum absolute atomic E-state index is 12.4. The largest absolute Gasteiger partial charge is 0.491 e. The average molecular weight is 382 g/mol. The quantitative estimate of drug-likeness (QED) is 0.708. The van der Waals surface area contributed by atoms with Crippen molar-refractivity contribution in [1.82, 2.24) is 10.2 Å². The van der Waals surface area contributed by atoms with E-state index in [1.54, 1.807) is 30.3 Å². The van der Waals surface area contributed by atoms with Gasteiger partial charge in [-0.3, -0.25) is 19.3 Å². The van der Waals surface area contributed by atoms with Gasteiger partial charge in [0, 0.05) is 6.54 Å². The van der Waals surface area contributed by atoms with Crippen molar-refractivity contribution in [1.29, 1.82) is 0 Å². The molecule has 2 aromatic carbocycles. The van der Waals surface area contributed by atoms with Gasteiger partial charge in [0.25, 0.3) is 11.8 Å². The highest BCUT2D eigenvalue weighted by Crippen LogP contribution is 2.24. The zero-order chi connectivity index (χ0) is 20.3. The number of nitrogens with one attached hydrogen (secondary N) is 1. The molecule has 146 valence electrons. The van der Waals surface area contributed by atoms with E-state index >= 15 is 0 Å². The van der Waals surface area contributed by atoms with Crippen molar-refractivity contribution < 1.29 is 24.2 Å². The molecule has 1 heterocycles. The number of rotatable bonds is 7. The molecule has 0 saturated heterocycles. The minimum atomic E-state index is -0.989. The van der Waals surface area contributed by atoms with Gasteiger partial charge in [-0.2, -0.15) is 0 Å². The first kappa shape index (κ1) is 19.6. The molecule has 0 radical (unpaired) electrons. The van der Waals surface area contributed by atoms with Gasteiger partial charge in [-0.1, -0.05) is 30.3 Å². The van der Waals surface area contributed by atoms with E-state index < -0.39 is 29.9 Å². The van der Waals surface area contributed by atoms with Gasteiger partial charge in [-0.05, 0) is 37.6 Å². The van der Waals surface area contributed by atoms with Gasteiger partial charge in [-0.25, -0.2) is 0 Å². The Hall–Kier alpha value is -3.19. The number of aliphatic hydroxyl groups excluding tert-OH is 1. The smallest absolute Gasteiger partial charge is 0.262 e. The molecule has 7 heteroatoms. The fourth-order valence-electron chi connectivity index (χ4n) is 3.01. The molecule has 3 rings (SSSR count). The number of benzene rings is 2. The van der Waals surface area contributed by atoms with Crippen LogP contribution < -0.4 is 10.1 Å². The van der Waals surface area contributed by atoms with E-state index in [1.807, 2.05) is 25.1 Å². The maximum atomic E-state index is 12.4. The summed E-state index contributed by atoms with van der Waals surface area (Å²) in [4.78, 5) is 38.2. The number of imide groups is 1. The average Bonchev–Trinajstić information content (AvgIpc) is 2.95. The van der Waals surface area contributed by atoms with Crippen LogP contribution in [-0.4, -0.2) is 53.0 Å². The Balaban J connectivity index is 1.53. The molecule has 0 bridgehead atoms. The normalized spacial score (nSPS) is 15.2. The van der Waals surface area contributed by atoms with Crippen LogP contribution in [0.5, 0.6) is 5.75 Å². The Kier molecular flexibility index (Phi) is 5.75. The van der Waals surface area contributed by atoms with Crippen molar-refractivity contribution in [2.45, 2.75) is 26.0 Å². The summed E-state index contributed by atoms with van der Waals surface area (Å²) in [5, 5.41) is 12.6. The van der Waals surface area contributed by atoms with E-state index in [0.29, 0.717) is 16.9 Å². The molecular formula is C21H22N2O5. The number of hydrogen-bond acceptors (Lipinski definition) is 5. The zero-order valence-electron chi connectivity index (χ0n) is 15.7. The van der Waals surface area contributed by atoms with Crippen LogP contribution in [0.3, 0.4) is 0 Å². The van der Waals surface area contributed by atoms with E-state index in [0.717, 1.165) is 10.5 Å². The molecule has 0 aliphatic carbocycles. The van der Waals surface area contributed by atoms with Crippen molar-refractivity contribution in [3.63, 3.8) is 0 Å². The van der Waals surface area contributed by atoms with Crippen LogP contribution in [0.2, 0.25) is 0 Å². The fraction of sp³-hybridized carbons (Fsp3) is 0.286. The molecule has 2 aromatic rings. The number of carbonyl (C=O) groups is 3. The van der Waals surface area contributed by atoms with Gasteiger partial charge in [-0.15, -0.1) is 0 Å². The fourth-order valence-corrected chi connectivity index (χ4v) is 3.01. The molecule has 0 saturated carbocycles. The minimum Gasteiger partial charge on any atom is -0.491 e. The number of hydrogen-bond donors (Lipinski definition) is 2. The molecule has 7 nitrogen and oxygen atoms in total. The summed E-state index contributed by atoms with van der Waals surface area (Å²) in [5.74, 6) is -0.852. The molecule has 2 atom stereocenters. The number of carbonyl (C=O) groups excluding carboxylic acids is 3. The molecule has 3 amide bonds. The number of amides is 3. The predicted molar refractivity (Wildman–Crippen MR) is 102 cm³/mol. The first-order valence-electron chi connectivity index (χ1n) is 9.01. The van der Waals surface area contributed by atoms with Gasteiger partial charge >= 0.3 is 0 Å². The summed E-state index contributed by atoms with van der Waals surface area (Å²) in [6, 6.07) is 12.9. The van der Waals surface area contributed by atoms with E-state index in [2.05, 4.69) is 5.32 Å². The third kappa shape index (κ3) is 3.89. The van der Waals surface area contributed by atoms with Crippen molar-refractivity contribution in [3.8, 4) is 5.75 Å². The van der Waals surface area contributed by atoms with Crippen LogP contribution in [0.1, 0.15) is 33.2 Å². The molecule has 0 fully saturated rings. The van der Waals surface area contributed by atoms with Crippen LogP contribution in [0.25, 0.3) is 0 Å². The second kappa shape index (κ2) is 8.22. The molecule has 1 aliphatic rings. The van der Waals surface area contributed by atoms with Crippen molar-refractivity contribution in [2.24, 2.45) is 0 Å². The Morgan fingerprint density at radius 2 is 1.64 bits per heavy atom.